The van der Waals surface area contributed by atoms with Crippen LogP contribution in [0.1, 0.15) is 28.8 Å². The Morgan fingerprint density at radius 1 is 1.42 bits per heavy atom. The minimum absolute atomic E-state index is 0.172. The van der Waals surface area contributed by atoms with Crippen LogP contribution in [0.25, 0.3) is 0 Å². The van der Waals surface area contributed by atoms with Crippen LogP contribution in [0.2, 0.25) is 0 Å². The van der Waals surface area contributed by atoms with Crippen LogP contribution in [-0.2, 0) is 0 Å². The lowest BCUT2D eigenvalue weighted by molar-refractivity contribution is 0.0781. The van der Waals surface area contributed by atoms with Crippen molar-refractivity contribution in [1.82, 2.24) is 10.2 Å². The summed E-state index contributed by atoms with van der Waals surface area (Å²) >= 11 is 0. The van der Waals surface area contributed by atoms with Crippen molar-refractivity contribution in [3.8, 4) is 0 Å². The van der Waals surface area contributed by atoms with E-state index < -0.39 is 5.82 Å². The van der Waals surface area contributed by atoms with E-state index in [1.807, 2.05) is 6.92 Å². The number of halogens is 1. The smallest absolute Gasteiger partial charge is 0.256 e. The van der Waals surface area contributed by atoms with Crippen LogP contribution in [0.3, 0.4) is 0 Å². The summed E-state index contributed by atoms with van der Waals surface area (Å²) in [5.41, 5.74) is 1.04. The maximum atomic E-state index is 13.9. The van der Waals surface area contributed by atoms with E-state index in [4.69, 9.17) is 0 Å². The van der Waals surface area contributed by atoms with Crippen molar-refractivity contribution in [3.63, 3.8) is 0 Å². The molecule has 1 aromatic rings. The second-order valence-corrected chi connectivity index (χ2v) is 5.66. The molecule has 2 atom stereocenters. The van der Waals surface area contributed by atoms with Crippen molar-refractivity contribution >= 4 is 5.91 Å². The molecule has 1 N–H and O–H groups in total. The highest BCUT2D eigenvalue weighted by Crippen LogP contribution is 2.26. The monoisotopic (exact) mass is 262 g/mol. The van der Waals surface area contributed by atoms with Gasteiger partial charge in [0.25, 0.3) is 5.91 Å². The number of rotatable bonds is 1. The molecule has 3 nitrogen and oxygen atoms in total. The molecular weight excluding hydrogens is 243 g/mol. The molecule has 102 valence electrons. The largest absolute Gasteiger partial charge is 0.337 e. The van der Waals surface area contributed by atoms with Gasteiger partial charge in [-0.25, -0.2) is 4.39 Å². The molecule has 19 heavy (non-hydrogen) atoms. The van der Waals surface area contributed by atoms with E-state index in [1.165, 1.54) is 12.5 Å². The van der Waals surface area contributed by atoms with E-state index >= 15 is 0 Å². The number of hydrogen-bond donors (Lipinski definition) is 1. The zero-order chi connectivity index (χ0) is 13.4. The zero-order valence-corrected chi connectivity index (χ0v) is 11.2. The molecule has 0 spiro atoms. The minimum atomic E-state index is -0.409. The molecule has 2 fully saturated rings. The van der Waals surface area contributed by atoms with E-state index in [0.717, 1.165) is 25.1 Å². The molecule has 0 aromatic heterocycles. The number of nitrogens with one attached hydrogen (secondary N) is 1. The summed E-state index contributed by atoms with van der Waals surface area (Å²) in [5, 5.41) is 3.45. The maximum absolute atomic E-state index is 13.9. The summed E-state index contributed by atoms with van der Waals surface area (Å²) in [5.74, 6) is -0.0484. The van der Waals surface area contributed by atoms with Gasteiger partial charge in [0.15, 0.2) is 0 Å². The number of carbonyl (C=O) groups is 1. The Morgan fingerprint density at radius 2 is 2.26 bits per heavy atom. The quantitative estimate of drug-likeness (QED) is 0.839. The number of amides is 1. The third-order valence-electron chi connectivity index (χ3n) is 4.24. The Balaban J connectivity index is 1.77. The predicted octanol–water partition coefficient (Wildman–Crippen LogP) is 1.96. The first kappa shape index (κ1) is 12.6. The van der Waals surface area contributed by atoms with Gasteiger partial charge in [-0.3, -0.25) is 4.79 Å². The molecular formula is C15H19FN2O. The molecule has 1 aromatic carbocycles. The van der Waals surface area contributed by atoms with Crippen molar-refractivity contribution in [3.05, 3.63) is 35.1 Å². The summed E-state index contributed by atoms with van der Waals surface area (Å²) in [7, 11) is 0. The fourth-order valence-corrected chi connectivity index (χ4v) is 3.18. The van der Waals surface area contributed by atoms with Crippen LogP contribution in [0.15, 0.2) is 18.2 Å². The Labute approximate surface area is 112 Å². The van der Waals surface area contributed by atoms with Gasteiger partial charge in [0.1, 0.15) is 5.82 Å². The number of fused-ring (bicyclic) bond motifs is 1. The van der Waals surface area contributed by atoms with Gasteiger partial charge in [0.2, 0.25) is 0 Å². The topological polar surface area (TPSA) is 32.3 Å². The normalized spacial score (nSPS) is 26.3. The number of piperidine rings is 1. The third kappa shape index (κ3) is 2.37. The summed E-state index contributed by atoms with van der Waals surface area (Å²) in [4.78, 5) is 14.2. The molecule has 2 heterocycles. The van der Waals surface area contributed by atoms with Gasteiger partial charge < -0.3 is 10.2 Å². The Bertz CT molecular complexity index is 489. The lowest BCUT2D eigenvalue weighted by Gasteiger charge is -2.24. The SMILES string of the molecule is Cc1ccc(C(=O)N2CC3CCCNC3C2)c(F)c1. The average molecular weight is 262 g/mol. The number of aryl methyl sites for hydroxylation is 1. The summed E-state index contributed by atoms with van der Waals surface area (Å²) in [6, 6.07) is 5.21. The first-order valence-electron chi connectivity index (χ1n) is 6.94. The molecule has 0 saturated carbocycles. The number of nitrogens with zero attached hydrogens (tertiary/aromatic N) is 1. The summed E-state index contributed by atoms with van der Waals surface area (Å²) in [6.07, 6.45) is 2.33. The van der Waals surface area contributed by atoms with E-state index in [2.05, 4.69) is 5.32 Å². The molecule has 4 heteroatoms. The number of benzene rings is 1. The molecule has 0 radical (unpaired) electrons. The average Bonchev–Trinajstić information content (AvgIpc) is 2.81. The van der Waals surface area contributed by atoms with Crippen molar-refractivity contribution in [1.29, 1.82) is 0 Å². The van der Waals surface area contributed by atoms with Gasteiger partial charge in [0.05, 0.1) is 5.56 Å². The molecule has 0 bridgehead atoms. The van der Waals surface area contributed by atoms with Crippen molar-refractivity contribution in [2.45, 2.75) is 25.8 Å². The molecule has 3 rings (SSSR count). The molecule has 2 aliphatic rings. The van der Waals surface area contributed by atoms with Crippen LogP contribution < -0.4 is 5.32 Å². The van der Waals surface area contributed by atoms with Crippen LogP contribution in [-0.4, -0.2) is 36.5 Å². The van der Waals surface area contributed by atoms with Gasteiger partial charge >= 0.3 is 0 Å². The maximum Gasteiger partial charge on any atom is 0.256 e. The molecule has 2 aliphatic heterocycles. The highest BCUT2D eigenvalue weighted by Gasteiger charge is 2.37. The second-order valence-electron chi connectivity index (χ2n) is 5.66. The highest BCUT2D eigenvalue weighted by molar-refractivity contribution is 5.94. The van der Waals surface area contributed by atoms with Crippen molar-refractivity contribution in [2.24, 2.45) is 5.92 Å². The van der Waals surface area contributed by atoms with Crippen LogP contribution >= 0.6 is 0 Å². The van der Waals surface area contributed by atoms with Crippen LogP contribution in [0.4, 0.5) is 4.39 Å². The predicted molar refractivity (Wildman–Crippen MR) is 71.6 cm³/mol. The standard InChI is InChI=1S/C15H19FN2O/c1-10-4-5-12(13(16)7-10)15(19)18-8-11-3-2-6-17-14(11)9-18/h4-5,7,11,14,17H,2-3,6,8-9H2,1H3. The van der Waals surface area contributed by atoms with Crippen LogP contribution in [0.5, 0.6) is 0 Å². The molecule has 2 unspecified atom stereocenters. The van der Waals surface area contributed by atoms with Crippen molar-refractivity contribution in [2.75, 3.05) is 19.6 Å². The number of carbonyl (C=O) groups excluding carboxylic acids is 1. The lowest BCUT2D eigenvalue weighted by atomic mass is 9.94. The summed E-state index contributed by atoms with van der Waals surface area (Å²) < 4.78 is 13.9. The molecule has 2 saturated heterocycles. The minimum Gasteiger partial charge on any atom is -0.337 e. The second kappa shape index (κ2) is 4.93. The highest BCUT2D eigenvalue weighted by atomic mass is 19.1. The zero-order valence-electron chi connectivity index (χ0n) is 11.2. The Kier molecular flexibility index (Phi) is 3.27. The number of hydrogen-bond acceptors (Lipinski definition) is 2. The van der Waals surface area contributed by atoms with E-state index in [9.17, 15) is 9.18 Å². The van der Waals surface area contributed by atoms with Gasteiger partial charge in [-0.2, -0.15) is 0 Å². The van der Waals surface area contributed by atoms with Crippen LogP contribution in [0, 0.1) is 18.7 Å². The van der Waals surface area contributed by atoms with Gasteiger partial charge in [-0.1, -0.05) is 6.07 Å². The van der Waals surface area contributed by atoms with Gasteiger partial charge in [0, 0.05) is 19.1 Å². The van der Waals surface area contributed by atoms with E-state index in [1.54, 1.807) is 17.0 Å². The van der Waals surface area contributed by atoms with E-state index in [0.29, 0.717) is 18.5 Å². The third-order valence-corrected chi connectivity index (χ3v) is 4.24. The summed E-state index contributed by atoms with van der Waals surface area (Å²) in [6.45, 7) is 4.31. The van der Waals surface area contributed by atoms with E-state index in [-0.39, 0.29) is 11.5 Å². The Morgan fingerprint density at radius 3 is 3.00 bits per heavy atom. The molecule has 1 amide bonds. The fourth-order valence-electron chi connectivity index (χ4n) is 3.18. The van der Waals surface area contributed by atoms with Gasteiger partial charge in [-0.15, -0.1) is 0 Å². The fraction of sp³-hybridized carbons (Fsp3) is 0.533. The lowest BCUT2D eigenvalue weighted by Crippen LogP contribution is -2.41. The molecule has 0 aliphatic carbocycles. The van der Waals surface area contributed by atoms with Gasteiger partial charge in [-0.05, 0) is 49.9 Å². The number of likely N-dealkylation sites (tertiary alicyclic amines) is 1. The van der Waals surface area contributed by atoms with Crippen molar-refractivity contribution < 1.29 is 9.18 Å². The first-order chi connectivity index (χ1) is 9.15. The Hall–Kier alpha value is -1.42. The first-order valence-corrected chi connectivity index (χ1v) is 6.94.